The number of anilines is 1. The zero-order valence-electron chi connectivity index (χ0n) is 16.2. The largest absolute Gasteiger partial charge is 0.494 e. The van der Waals surface area contributed by atoms with Crippen LogP contribution in [0.25, 0.3) is 27.8 Å². The Morgan fingerprint density at radius 1 is 1.17 bits per heavy atom. The van der Waals surface area contributed by atoms with Gasteiger partial charge in [-0.25, -0.2) is 19.0 Å². The van der Waals surface area contributed by atoms with Crippen LogP contribution in [-0.2, 0) is 0 Å². The molecule has 154 valence electrons. The van der Waals surface area contributed by atoms with E-state index in [1.165, 1.54) is 12.1 Å². The fourth-order valence-corrected chi connectivity index (χ4v) is 3.98. The molecule has 0 unspecified atom stereocenters. The Morgan fingerprint density at radius 2 is 1.97 bits per heavy atom. The highest BCUT2D eigenvalue weighted by Gasteiger charge is 2.24. The normalized spacial score (nSPS) is 19.3. The minimum absolute atomic E-state index is 0.00421. The van der Waals surface area contributed by atoms with E-state index in [0.717, 1.165) is 31.4 Å². The molecule has 0 radical (unpaired) electrons. The number of aromatic hydroxyl groups is 1. The smallest absolute Gasteiger partial charge is 0.224 e. The topological polar surface area (TPSA) is 118 Å². The van der Waals surface area contributed by atoms with Gasteiger partial charge in [0.25, 0.3) is 0 Å². The molecule has 1 aliphatic carbocycles. The first-order chi connectivity index (χ1) is 14.6. The summed E-state index contributed by atoms with van der Waals surface area (Å²) in [6.45, 7) is 0. The van der Waals surface area contributed by atoms with Crippen LogP contribution in [0.2, 0.25) is 0 Å². The fourth-order valence-electron chi connectivity index (χ4n) is 3.98. The number of nitrogens with one attached hydrogen (secondary N) is 2. The van der Waals surface area contributed by atoms with Crippen LogP contribution in [0, 0.1) is 5.82 Å². The molecule has 2 atom stereocenters. The standard InChI is InChI=1S/C21H22FN7O/c22-13-5-7-14(8-6-13)29-11-12(9-25-29)19-18-17(10-24-20(18)30)27-21(28-19)26-16-4-2-1-3-15(16)23/h5-11,15-16,24,30H,1-4,23H2,(H,26,27)/t15-,16+/m0/s1. The number of H-pyrrole nitrogens is 1. The summed E-state index contributed by atoms with van der Waals surface area (Å²) >= 11 is 0. The second kappa shape index (κ2) is 7.42. The number of aromatic nitrogens is 5. The maximum absolute atomic E-state index is 13.2. The lowest BCUT2D eigenvalue weighted by Gasteiger charge is -2.29. The number of hydrogen-bond donors (Lipinski definition) is 4. The molecule has 9 heteroatoms. The molecule has 4 aromatic rings. The summed E-state index contributed by atoms with van der Waals surface area (Å²) in [4.78, 5) is 12.0. The summed E-state index contributed by atoms with van der Waals surface area (Å²) in [5.41, 5.74) is 8.84. The van der Waals surface area contributed by atoms with Crippen LogP contribution in [0.15, 0.2) is 42.9 Å². The lowest BCUT2D eigenvalue weighted by molar-refractivity contribution is 0.402. The molecule has 0 saturated heterocycles. The number of rotatable bonds is 4. The predicted molar refractivity (Wildman–Crippen MR) is 112 cm³/mol. The Labute approximate surface area is 172 Å². The van der Waals surface area contributed by atoms with Crippen LogP contribution in [0.5, 0.6) is 5.88 Å². The van der Waals surface area contributed by atoms with Gasteiger partial charge in [-0.15, -0.1) is 0 Å². The molecule has 1 fully saturated rings. The van der Waals surface area contributed by atoms with Crippen molar-refractivity contribution in [2.24, 2.45) is 5.73 Å². The SMILES string of the molecule is N[C@H]1CCCC[C@H]1Nc1nc(-c2cnn(-c3ccc(F)cc3)c2)c2c(O)[nH]cc2n1. The van der Waals surface area contributed by atoms with E-state index < -0.39 is 0 Å². The number of benzene rings is 1. The third kappa shape index (κ3) is 3.37. The van der Waals surface area contributed by atoms with Gasteiger partial charge in [-0.2, -0.15) is 5.10 Å². The van der Waals surface area contributed by atoms with Crippen LogP contribution in [0.3, 0.4) is 0 Å². The highest BCUT2D eigenvalue weighted by Crippen LogP contribution is 2.33. The number of fused-ring (bicyclic) bond motifs is 1. The van der Waals surface area contributed by atoms with Crippen molar-refractivity contribution in [3.63, 3.8) is 0 Å². The van der Waals surface area contributed by atoms with Gasteiger partial charge >= 0.3 is 0 Å². The molecule has 5 N–H and O–H groups in total. The first-order valence-electron chi connectivity index (χ1n) is 9.99. The number of hydrogen-bond acceptors (Lipinski definition) is 6. The van der Waals surface area contributed by atoms with Gasteiger partial charge in [0.15, 0.2) is 5.88 Å². The van der Waals surface area contributed by atoms with Crippen molar-refractivity contribution in [3.8, 4) is 22.8 Å². The quantitative estimate of drug-likeness (QED) is 0.412. The highest BCUT2D eigenvalue weighted by atomic mass is 19.1. The minimum Gasteiger partial charge on any atom is -0.494 e. The average Bonchev–Trinajstić information content (AvgIpc) is 3.37. The van der Waals surface area contributed by atoms with Crippen molar-refractivity contribution in [2.45, 2.75) is 37.8 Å². The number of nitrogens with two attached hydrogens (primary N) is 1. The third-order valence-corrected chi connectivity index (χ3v) is 5.60. The first kappa shape index (κ1) is 18.6. The van der Waals surface area contributed by atoms with E-state index in [1.54, 1.807) is 35.4 Å². The molecule has 0 aliphatic heterocycles. The van der Waals surface area contributed by atoms with Gasteiger partial charge in [-0.05, 0) is 37.1 Å². The second-order valence-corrected chi connectivity index (χ2v) is 7.64. The molecule has 0 amide bonds. The van der Waals surface area contributed by atoms with Crippen molar-refractivity contribution in [1.82, 2.24) is 24.7 Å². The van der Waals surface area contributed by atoms with Gasteiger partial charge < -0.3 is 21.1 Å². The summed E-state index contributed by atoms with van der Waals surface area (Å²) < 4.78 is 14.9. The van der Waals surface area contributed by atoms with E-state index in [4.69, 9.17) is 5.73 Å². The van der Waals surface area contributed by atoms with Crippen molar-refractivity contribution < 1.29 is 9.50 Å². The van der Waals surface area contributed by atoms with Crippen LogP contribution in [0.1, 0.15) is 25.7 Å². The van der Waals surface area contributed by atoms with Gasteiger partial charge in [0, 0.05) is 30.0 Å². The molecule has 5 rings (SSSR count). The van der Waals surface area contributed by atoms with Crippen LogP contribution < -0.4 is 11.1 Å². The maximum Gasteiger partial charge on any atom is 0.224 e. The molecule has 0 bridgehead atoms. The van der Waals surface area contributed by atoms with Gasteiger partial charge in [0.2, 0.25) is 5.95 Å². The third-order valence-electron chi connectivity index (χ3n) is 5.60. The second-order valence-electron chi connectivity index (χ2n) is 7.64. The van der Waals surface area contributed by atoms with E-state index in [0.29, 0.717) is 28.1 Å². The van der Waals surface area contributed by atoms with Crippen LogP contribution >= 0.6 is 0 Å². The summed E-state index contributed by atoms with van der Waals surface area (Å²) in [5.74, 6) is 0.154. The number of aromatic amines is 1. The maximum atomic E-state index is 13.2. The molecule has 0 spiro atoms. The zero-order valence-corrected chi connectivity index (χ0v) is 16.2. The summed E-state index contributed by atoms with van der Waals surface area (Å²) in [6.07, 6.45) is 9.30. The Bertz CT molecular complexity index is 1180. The molecular weight excluding hydrogens is 385 g/mol. The highest BCUT2D eigenvalue weighted by molar-refractivity contribution is 5.97. The Kier molecular flexibility index (Phi) is 4.59. The van der Waals surface area contributed by atoms with Crippen molar-refractivity contribution in [1.29, 1.82) is 0 Å². The van der Waals surface area contributed by atoms with Crippen molar-refractivity contribution >= 4 is 16.9 Å². The molecule has 3 heterocycles. The predicted octanol–water partition coefficient (Wildman–Crippen LogP) is 3.34. The molecule has 3 aromatic heterocycles. The molecule has 8 nitrogen and oxygen atoms in total. The van der Waals surface area contributed by atoms with E-state index in [1.807, 2.05) is 0 Å². The summed E-state index contributed by atoms with van der Waals surface area (Å²) in [7, 11) is 0. The average molecular weight is 407 g/mol. The number of nitrogens with zero attached hydrogens (tertiary/aromatic N) is 4. The zero-order chi connectivity index (χ0) is 20.7. The Morgan fingerprint density at radius 3 is 2.77 bits per heavy atom. The summed E-state index contributed by atoms with van der Waals surface area (Å²) in [6, 6.07) is 6.22. The van der Waals surface area contributed by atoms with Crippen molar-refractivity contribution in [2.75, 3.05) is 5.32 Å². The van der Waals surface area contributed by atoms with Crippen LogP contribution in [0.4, 0.5) is 10.3 Å². The fraction of sp³-hybridized carbons (Fsp3) is 0.286. The molecule has 1 saturated carbocycles. The van der Waals surface area contributed by atoms with E-state index in [2.05, 4.69) is 25.4 Å². The van der Waals surface area contributed by atoms with Gasteiger partial charge in [0.1, 0.15) is 5.82 Å². The minimum atomic E-state index is -0.308. The molecule has 30 heavy (non-hydrogen) atoms. The first-order valence-corrected chi connectivity index (χ1v) is 9.99. The Balaban J connectivity index is 1.54. The van der Waals surface area contributed by atoms with E-state index >= 15 is 0 Å². The molecule has 1 aliphatic rings. The van der Waals surface area contributed by atoms with Crippen molar-refractivity contribution in [3.05, 3.63) is 48.7 Å². The van der Waals surface area contributed by atoms with Gasteiger partial charge in [-0.1, -0.05) is 12.8 Å². The monoisotopic (exact) mass is 407 g/mol. The molecule has 1 aromatic carbocycles. The van der Waals surface area contributed by atoms with Gasteiger partial charge in [0.05, 0.1) is 28.5 Å². The lowest BCUT2D eigenvalue weighted by Crippen LogP contribution is -2.42. The van der Waals surface area contributed by atoms with Gasteiger partial charge in [-0.3, -0.25) is 0 Å². The number of halogens is 1. The van der Waals surface area contributed by atoms with Crippen LogP contribution in [-0.4, -0.2) is 41.9 Å². The van der Waals surface area contributed by atoms with E-state index in [-0.39, 0.29) is 23.8 Å². The van der Waals surface area contributed by atoms with E-state index in [9.17, 15) is 9.50 Å². The molecular formula is C21H22FN7O. The lowest BCUT2D eigenvalue weighted by atomic mass is 9.91. The Hall–Kier alpha value is -3.46. The summed E-state index contributed by atoms with van der Waals surface area (Å²) in [5, 5.41) is 18.6.